The zero-order valence-electron chi connectivity index (χ0n) is 32.4. The molecule has 2 fully saturated rings. The van der Waals surface area contributed by atoms with Crippen molar-refractivity contribution in [1.29, 1.82) is 5.26 Å². The van der Waals surface area contributed by atoms with Crippen LogP contribution in [0.3, 0.4) is 0 Å². The molecule has 0 aromatic heterocycles. The first-order valence-corrected chi connectivity index (χ1v) is 23.1. The number of fused-ring (bicyclic) bond motifs is 4. The number of nitrogens with two attached hydrogens (primary N) is 1. The van der Waals surface area contributed by atoms with E-state index in [1.807, 2.05) is 6.26 Å². The first kappa shape index (κ1) is 40.4. The molecule has 2 unspecified atom stereocenters. The van der Waals surface area contributed by atoms with Crippen molar-refractivity contribution in [2.45, 2.75) is 140 Å². The number of carbonyl (C=O) groups excluding carboxylic acids is 1. The van der Waals surface area contributed by atoms with Crippen LogP contribution in [0.2, 0.25) is 0 Å². The van der Waals surface area contributed by atoms with Crippen LogP contribution in [0.1, 0.15) is 111 Å². The molecule has 296 valence electrons. The molecule has 2 aromatic rings. The van der Waals surface area contributed by atoms with E-state index in [0.717, 1.165) is 88.5 Å². The Hall–Kier alpha value is -3.22. The van der Waals surface area contributed by atoms with Crippen molar-refractivity contribution in [1.82, 2.24) is 14.5 Å². The highest BCUT2D eigenvalue weighted by Gasteiger charge is 2.40. The number of nitrogens with zero attached hydrogens (tertiary/aromatic N) is 3. The second kappa shape index (κ2) is 16.9. The zero-order valence-corrected chi connectivity index (χ0v) is 34.0. The SMILES string of the molecule is CCC(C)N1CC(S(=O)(=O)NC(=O)Nc2c3c(cc4c2CCC4)CCC3)C1.CCC(C)N1CC(S(N)(=O)=O)C1.N#COc1c2c(cc3c1CCC3)CCC2. The first-order valence-electron chi connectivity index (χ1n) is 19.9. The topological polar surface area (TPSA) is 175 Å². The number of nitriles is 1. The lowest BCUT2D eigenvalue weighted by Crippen LogP contribution is -2.60. The van der Waals surface area contributed by atoms with Gasteiger partial charge in [-0.05, 0) is 148 Å². The molecule has 0 radical (unpaired) electrons. The minimum absolute atomic E-state index is 0.327. The fourth-order valence-electron chi connectivity index (χ4n) is 8.83. The third-order valence-corrected chi connectivity index (χ3v) is 15.5. The van der Waals surface area contributed by atoms with Gasteiger partial charge < -0.3 is 10.1 Å². The first-order chi connectivity index (χ1) is 25.7. The Morgan fingerprint density at radius 1 is 0.759 bits per heavy atom. The number of rotatable bonds is 9. The molecule has 4 N–H and O–H groups in total. The summed E-state index contributed by atoms with van der Waals surface area (Å²) in [6, 6.07) is 4.87. The van der Waals surface area contributed by atoms with Crippen LogP contribution in [0.4, 0.5) is 10.5 Å². The third-order valence-electron chi connectivity index (χ3n) is 12.6. The summed E-state index contributed by atoms with van der Waals surface area (Å²) in [7, 11) is -6.93. The van der Waals surface area contributed by atoms with E-state index in [4.69, 9.17) is 15.1 Å². The molecule has 2 aliphatic heterocycles. The summed E-state index contributed by atoms with van der Waals surface area (Å²) in [5.74, 6) is 0.903. The van der Waals surface area contributed by atoms with Crippen LogP contribution in [-0.2, 0) is 71.4 Å². The Bertz CT molecular complexity index is 1920. The third kappa shape index (κ3) is 8.76. The number of sulfonamides is 2. The summed E-state index contributed by atoms with van der Waals surface area (Å²) in [5.41, 5.74) is 11.4. The number of benzene rings is 2. The van der Waals surface area contributed by atoms with Crippen LogP contribution in [0.5, 0.6) is 5.75 Å². The van der Waals surface area contributed by atoms with Crippen LogP contribution >= 0.6 is 0 Å². The van der Waals surface area contributed by atoms with Crippen molar-refractivity contribution in [2.24, 2.45) is 5.14 Å². The number of likely N-dealkylation sites (tertiary alicyclic amines) is 2. The van der Waals surface area contributed by atoms with Gasteiger partial charge in [0, 0.05) is 44.0 Å². The fourth-order valence-corrected chi connectivity index (χ4v) is 10.9. The molecule has 2 atom stereocenters. The van der Waals surface area contributed by atoms with Gasteiger partial charge >= 0.3 is 6.03 Å². The number of nitrogens with one attached hydrogen (secondary N) is 2. The van der Waals surface area contributed by atoms with E-state index in [2.05, 4.69) is 59.7 Å². The van der Waals surface area contributed by atoms with Gasteiger partial charge in [0.05, 0.1) is 0 Å². The number of primary sulfonamides is 1. The highest BCUT2D eigenvalue weighted by molar-refractivity contribution is 7.90. The zero-order chi connectivity index (χ0) is 38.8. The molecule has 2 heterocycles. The lowest BCUT2D eigenvalue weighted by Gasteiger charge is -2.42. The number of amides is 2. The average Bonchev–Trinajstić information content (AvgIpc) is 3.90. The van der Waals surface area contributed by atoms with Crippen LogP contribution in [-0.4, -0.2) is 81.4 Å². The van der Waals surface area contributed by atoms with E-state index >= 15 is 0 Å². The molecule has 12 nitrogen and oxygen atoms in total. The summed E-state index contributed by atoms with van der Waals surface area (Å²) < 4.78 is 54.2. The van der Waals surface area contributed by atoms with E-state index in [1.165, 1.54) is 57.3 Å². The van der Waals surface area contributed by atoms with Gasteiger partial charge in [-0.2, -0.15) is 0 Å². The minimum Gasteiger partial charge on any atom is -0.387 e. The summed E-state index contributed by atoms with van der Waals surface area (Å²) >= 11 is 0. The number of carbonyl (C=O) groups is 1. The van der Waals surface area contributed by atoms with Crippen molar-refractivity contribution in [3.63, 3.8) is 0 Å². The Balaban J connectivity index is 0.000000154. The Labute approximate surface area is 322 Å². The predicted octanol–water partition coefficient (Wildman–Crippen LogP) is 4.88. The quantitative estimate of drug-likeness (QED) is 0.300. The van der Waals surface area contributed by atoms with Crippen LogP contribution < -0.4 is 19.9 Å². The molecule has 54 heavy (non-hydrogen) atoms. The summed E-state index contributed by atoms with van der Waals surface area (Å²) in [6.45, 7) is 10.6. The number of urea groups is 1. The molecule has 2 saturated heterocycles. The van der Waals surface area contributed by atoms with Crippen LogP contribution in [0.15, 0.2) is 12.1 Å². The van der Waals surface area contributed by atoms with Crippen LogP contribution in [0, 0.1) is 11.5 Å². The molecule has 0 spiro atoms. The van der Waals surface area contributed by atoms with Gasteiger partial charge in [0.1, 0.15) is 16.2 Å². The maximum absolute atomic E-state index is 12.5. The largest absolute Gasteiger partial charge is 0.387 e. The van der Waals surface area contributed by atoms with E-state index in [1.54, 1.807) is 0 Å². The van der Waals surface area contributed by atoms with E-state index < -0.39 is 31.3 Å². The molecule has 4 aliphatic carbocycles. The molecule has 6 aliphatic rings. The highest BCUT2D eigenvalue weighted by Crippen LogP contribution is 2.40. The number of hydrogen-bond donors (Lipinski definition) is 3. The normalized spacial score (nSPS) is 20.3. The maximum Gasteiger partial charge on any atom is 0.332 e. The van der Waals surface area contributed by atoms with Crippen molar-refractivity contribution in [3.8, 4) is 12.0 Å². The molecule has 14 heteroatoms. The number of aryl methyl sites for hydroxylation is 4. The Morgan fingerprint density at radius 2 is 1.17 bits per heavy atom. The van der Waals surface area contributed by atoms with Gasteiger partial charge in [-0.3, -0.25) is 9.80 Å². The predicted molar refractivity (Wildman–Crippen MR) is 212 cm³/mol. The number of ether oxygens (including phenoxy) is 1. The standard InChI is InChI=1S/C20H29N3O3S.C13H13NO.C7H16N2O2S/c1-3-13(2)23-11-16(12-23)27(25,26)22-20(24)21-19-17-8-4-6-14(17)10-15-7-5-9-18(15)19;14-8-15-13-11-5-1-3-9(11)7-10-4-2-6-12(10)13;1-3-6(2)9-4-7(5-9)12(8,10)11/h10,13,16H,3-9,11-12H2,1-2H3,(H2,21,22,24);7H,1-6H2;6-7H,3-5H2,1-2H3,(H2,8,10,11). The molecule has 8 rings (SSSR count). The Kier molecular flexibility index (Phi) is 12.6. The lowest BCUT2D eigenvalue weighted by molar-refractivity contribution is 0.128. The summed E-state index contributed by atoms with van der Waals surface area (Å²) in [4.78, 5) is 16.8. The number of anilines is 1. The Morgan fingerprint density at radius 3 is 1.57 bits per heavy atom. The van der Waals surface area contributed by atoms with Gasteiger partial charge in [-0.1, -0.05) is 26.0 Å². The lowest BCUT2D eigenvalue weighted by atomic mass is 9.99. The van der Waals surface area contributed by atoms with E-state index in [-0.39, 0.29) is 5.25 Å². The van der Waals surface area contributed by atoms with Gasteiger partial charge in [0.25, 0.3) is 6.26 Å². The maximum atomic E-state index is 12.5. The van der Waals surface area contributed by atoms with E-state index in [0.29, 0.717) is 38.3 Å². The second-order valence-electron chi connectivity index (χ2n) is 16.0. The molecule has 0 bridgehead atoms. The molecule has 2 amide bonds. The molecular formula is C40H58N6O6S2. The number of hydrogen-bond acceptors (Lipinski definition) is 9. The van der Waals surface area contributed by atoms with Crippen molar-refractivity contribution in [2.75, 3.05) is 31.5 Å². The van der Waals surface area contributed by atoms with Gasteiger partial charge in [-0.15, -0.1) is 5.26 Å². The van der Waals surface area contributed by atoms with Crippen molar-refractivity contribution >= 4 is 31.8 Å². The van der Waals surface area contributed by atoms with E-state index in [9.17, 15) is 21.6 Å². The van der Waals surface area contributed by atoms with Crippen LogP contribution in [0.25, 0.3) is 0 Å². The van der Waals surface area contributed by atoms with Crippen molar-refractivity contribution in [3.05, 3.63) is 56.6 Å². The molecule has 0 saturated carbocycles. The average molecular weight is 783 g/mol. The van der Waals surface area contributed by atoms with Gasteiger partial charge in [0.15, 0.2) is 0 Å². The summed E-state index contributed by atoms with van der Waals surface area (Å²) in [5, 5.41) is 15.8. The molecular weight excluding hydrogens is 725 g/mol. The fraction of sp³-hybridized carbons (Fsp3) is 0.650. The summed E-state index contributed by atoms with van der Waals surface area (Å²) in [6.07, 6.45) is 17.0. The van der Waals surface area contributed by atoms with Gasteiger partial charge in [-0.25, -0.2) is 31.5 Å². The second-order valence-corrected chi connectivity index (χ2v) is 19.8. The minimum atomic E-state index is -3.65. The monoisotopic (exact) mass is 782 g/mol. The highest BCUT2D eigenvalue weighted by atomic mass is 32.2. The smallest absolute Gasteiger partial charge is 0.332 e. The molecule has 2 aromatic carbocycles. The van der Waals surface area contributed by atoms with Gasteiger partial charge in [0.2, 0.25) is 20.0 Å². The van der Waals surface area contributed by atoms with Crippen molar-refractivity contribution < 1.29 is 26.4 Å².